The van der Waals surface area contributed by atoms with E-state index in [9.17, 15) is 24.6 Å². The predicted molar refractivity (Wildman–Crippen MR) is 195 cm³/mol. The number of nitrogens with zero attached hydrogens (tertiary/aromatic N) is 2. The summed E-state index contributed by atoms with van der Waals surface area (Å²) in [5.74, 6) is 4.42. The van der Waals surface area contributed by atoms with Gasteiger partial charge in [-0.15, -0.1) is 25.2 Å². The molecule has 9 nitrogen and oxygen atoms in total. The highest BCUT2D eigenvalue weighted by Gasteiger charge is 2.36. The van der Waals surface area contributed by atoms with Crippen molar-refractivity contribution < 1.29 is 24.6 Å². The van der Waals surface area contributed by atoms with Crippen LogP contribution < -0.4 is 10.6 Å². The van der Waals surface area contributed by atoms with Crippen molar-refractivity contribution in [3.63, 3.8) is 0 Å². The minimum atomic E-state index is -1.32. The summed E-state index contributed by atoms with van der Waals surface area (Å²) >= 11 is 0. The molecule has 3 amide bonds. The van der Waals surface area contributed by atoms with Crippen molar-refractivity contribution in [1.29, 1.82) is 0 Å². The fourth-order valence-electron chi connectivity index (χ4n) is 6.48. The Hall–Kier alpha value is -3.81. The quantitative estimate of drug-likeness (QED) is 0.117. The van der Waals surface area contributed by atoms with Crippen molar-refractivity contribution in [2.24, 2.45) is 17.8 Å². The molecule has 4 N–H and O–H groups in total. The molecule has 0 bridgehead atoms. The number of hydrogen-bond acceptors (Lipinski definition) is 6. The third-order valence-electron chi connectivity index (χ3n) is 9.73. The Bertz CT molecular complexity index is 1260. The topological polar surface area (TPSA) is 122 Å². The number of carbonyl (C=O) groups excluding carboxylic acids is 3. The molecule has 5 atom stereocenters. The molecule has 1 aromatic rings. The molecule has 3 unspecified atom stereocenters. The first kappa shape index (κ1) is 41.4. The molecule has 0 heterocycles. The zero-order valence-electron chi connectivity index (χ0n) is 29.8. The number of carbonyl (C=O) groups is 3. The SMILES string of the molecule is C#CCCCC(O)[C@H](O)C(CC1CCCCC1)NC(=O)[C@@H](NC(=O)C(CC(=O)N(C)CCN(CC)CC)Cc1ccccc1)C(C#C)C#C. The second-order valence-corrected chi connectivity index (χ2v) is 13.2. The first-order valence-electron chi connectivity index (χ1n) is 17.9. The van der Waals surface area contributed by atoms with E-state index in [4.69, 9.17) is 19.3 Å². The molecule has 1 fully saturated rings. The van der Waals surface area contributed by atoms with Crippen LogP contribution in [0.25, 0.3) is 0 Å². The minimum Gasteiger partial charge on any atom is -0.390 e. The van der Waals surface area contributed by atoms with Gasteiger partial charge >= 0.3 is 0 Å². The van der Waals surface area contributed by atoms with E-state index >= 15 is 0 Å². The standard InChI is InChI=1S/C40H58N4O5/c1-7-12-15-24-35(45)38(47)34(28-31-22-18-14-19-23-31)41-40(49)37(32(8-2)9-3)42-39(48)33(27-30-20-16-13-17-21-30)29-36(46)43(6)25-26-44(10-4)11-5/h1-3,13,16-17,20-21,31-35,37-38,45,47H,10-12,14-15,18-19,22-29H2,4-6H3,(H,41,49)(H,42,48)/t33?,34?,35?,37-,38+/m0/s1. The number of unbranched alkanes of at least 4 members (excludes halogenated alkanes) is 1. The second kappa shape index (κ2) is 22.8. The van der Waals surface area contributed by atoms with Crippen molar-refractivity contribution in [3.05, 3.63) is 35.9 Å². The first-order chi connectivity index (χ1) is 23.6. The Labute approximate surface area is 295 Å². The Morgan fingerprint density at radius 3 is 2.18 bits per heavy atom. The second-order valence-electron chi connectivity index (χ2n) is 13.2. The van der Waals surface area contributed by atoms with Gasteiger partial charge in [0.15, 0.2) is 0 Å². The average molecular weight is 675 g/mol. The lowest BCUT2D eigenvalue weighted by Gasteiger charge is -2.34. The van der Waals surface area contributed by atoms with E-state index in [-0.39, 0.29) is 31.1 Å². The van der Waals surface area contributed by atoms with Crippen molar-refractivity contribution in [2.45, 2.75) is 109 Å². The highest BCUT2D eigenvalue weighted by molar-refractivity contribution is 5.91. The Kier molecular flexibility index (Phi) is 19.2. The summed E-state index contributed by atoms with van der Waals surface area (Å²) in [6.45, 7) is 7.11. The maximum Gasteiger partial charge on any atom is 0.245 e. The molecule has 1 aliphatic rings. The van der Waals surface area contributed by atoms with Gasteiger partial charge in [-0.05, 0) is 50.3 Å². The fourth-order valence-corrected chi connectivity index (χ4v) is 6.48. The van der Waals surface area contributed by atoms with Gasteiger partial charge in [0, 0.05) is 33.0 Å². The summed E-state index contributed by atoms with van der Waals surface area (Å²) in [7, 11) is 1.73. The molecule has 0 radical (unpaired) electrons. The van der Waals surface area contributed by atoms with E-state index in [0.717, 1.165) is 50.8 Å². The van der Waals surface area contributed by atoms with Crippen LogP contribution in [0.2, 0.25) is 0 Å². The van der Waals surface area contributed by atoms with Crippen LogP contribution in [0, 0.1) is 54.8 Å². The summed E-state index contributed by atoms with van der Waals surface area (Å²) in [4.78, 5) is 45.2. The maximum atomic E-state index is 14.0. The number of hydrogen-bond donors (Lipinski definition) is 4. The van der Waals surface area contributed by atoms with Gasteiger partial charge in [-0.3, -0.25) is 14.4 Å². The summed E-state index contributed by atoms with van der Waals surface area (Å²) < 4.78 is 0. The predicted octanol–water partition coefficient (Wildman–Crippen LogP) is 3.38. The smallest absolute Gasteiger partial charge is 0.245 e. The van der Waals surface area contributed by atoms with Gasteiger partial charge in [-0.1, -0.05) is 88.1 Å². The van der Waals surface area contributed by atoms with Crippen molar-refractivity contribution in [2.75, 3.05) is 33.2 Å². The number of likely N-dealkylation sites (N-methyl/N-ethyl adjacent to an activating group) is 2. The lowest BCUT2D eigenvalue weighted by Crippen LogP contribution is -2.57. The lowest BCUT2D eigenvalue weighted by molar-refractivity contribution is -0.137. The molecule has 1 aliphatic carbocycles. The minimum absolute atomic E-state index is 0.0759. The summed E-state index contributed by atoms with van der Waals surface area (Å²) in [5.41, 5.74) is 0.863. The monoisotopic (exact) mass is 674 g/mol. The van der Waals surface area contributed by atoms with Gasteiger partial charge in [0.05, 0.1) is 24.2 Å². The average Bonchev–Trinajstić information content (AvgIpc) is 3.11. The summed E-state index contributed by atoms with van der Waals surface area (Å²) in [6, 6.07) is 7.26. The number of nitrogens with one attached hydrogen (secondary N) is 2. The summed E-state index contributed by atoms with van der Waals surface area (Å²) in [5, 5.41) is 27.8. The van der Waals surface area contributed by atoms with Crippen LogP contribution >= 0.6 is 0 Å². The van der Waals surface area contributed by atoms with Crippen LogP contribution in [0.4, 0.5) is 0 Å². The van der Waals surface area contributed by atoms with Crippen LogP contribution in [0.3, 0.4) is 0 Å². The van der Waals surface area contributed by atoms with Gasteiger partial charge in [0.1, 0.15) is 12.0 Å². The number of amides is 3. The molecular weight excluding hydrogens is 616 g/mol. The summed E-state index contributed by atoms with van der Waals surface area (Å²) in [6.07, 6.45) is 21.6. The number of aliphatic hydroxyl groups is 2. The van der Waals surface area contributed by atoms with E-state index in [1.54, 1.807) is 11.9 Å². The largest absolute Gasteiger partial charge is 0.390 e. The molecular formula is C40H58N4O5. The van der Waals surface area contributed by atoms with Crippen molar-refractivity contribution in [1.82, 2.24) is 20.4 Å². The normalized spacial score (nSPS) is 16.3. The molecule has 9 heteroatoms. The number of rotatable bonds is 21. The molecule has 268 valence electrons. The molecule has 0 aromatic heterocycles. The Balaban J connectivity index is 2.31. The number of terminal acetylenes is 3. The maximum absolute atomic E-state index is 14.0. The van der Waals surface area contributed by atoms with Gasteiger partial charge in [-0.25, -0.2) is 0 Å². The molecule has 1 saturated carbocycles. The zero-order chi connectivity index (χ0) is 36.2. The van der Waals surface area contributed by atoms with E-state index in [2.05, 4.69) is 47.1 Å². The first-order valence-corrected chi connectivity index (χ1v) is 17.9. The van der Waals surface area contributed by atoms with Gasteiger partial charge in [-0.2, -0.15) is 0 Å². The van der Waals surface area contributed by atoms with E-state index in [1.165, 1.54) is 0 Å². The zero-order valence-corrected chi connectivity index (χ0v) is 29.8. The molecule has 0 spiro atoms. The van der Waals surface area contributed by atoms with Crippen LogP contribution in [-0.4, -0.2) is 95.3 Å². The van der Waals surface area contributed by atoms with Gasteiger partial charge in [0.2, 0.25) is 17.7 Å². The molecule has 2 rings (SSSR count). The number of aliphatic hydroxyl groups excluding tert-OH is 2. The highest BCUT2D eigenvalue weighted by Crippen LogP contribution is 2.29. The van der Waals surface area contributed by atoms with Crippen LogP contribution in [0.5, 0.6) is 0 Å². The van der Waals surface area contributed by atoms with Crippen LogP contribution in [-0.2, 0) is 20.8 Å². The molecule has 0 saturated heterocycles. The Morgan fingerprint density at radius 1 is 0.939 bits per heavy atom. The van der Waals surface area contributed by atoms with E-state index < -0.39 is 47.9 Å². The van der Waals surface area contributed by atoms with Crippen LogP contribution in [0.15, 0.2) is 30.3 Å². The van der Waals surface area contributed by atoms with Crippen LogP contribution in [0.1, 0.15) is 83.6 Å². The van der Waals surface area contributed by atoms with Crippen molar-refractivity contribution in [3.8, 4) is 37.0 Å². The highest BCUT2D eigenvalue weighted by atomic mass is 16.3. The lowest BCUT2D eigenvalue weighted by atomic mass is 9.82. The van der Waals surface area contributed by atoms with Crippen molar-refractivity contribution >= 4 is 17.7 Å². The molecule has 49 heavy (non-hydrogen) atoms. The number of benzene rings is 1. The third-order valence-corrected chi connectivity index (χ3v) is 9.73. The third kappa shape index (κ3) is 14.3. The van der Waals surface area contributed by atoms with Gasteiger partial charge < -0.3 is 30.6 Å². The fraction of sp³-hybridized carbons (Fsp3) is 0.625. The van der Waals surface area contributed by atoms with E-state index in [0.29, 0.717) is 32.4 Å². The van der Waals surface area contributed by atoms with Gasteiger partial charge in [0.25, 0.3) is 0 Å². The Morgan fingerprint density at radius 2 is 1.59 bits per heavy atom. The molecule has 0 aliphatic heterocycles. The molecule has 1 aromatic carbocycles. The van der Waals surface area contributed by atoms with E-state index in [1.807, 2.05) is 30.3 Å².